The lowest BCUT2D eigenvalue weighted by Crippen LogP contribution is -2.35. The van der Waals surface area contributed by atoms with E-state index in [1.165, 1.54) is 0 Å². The highest BCUT2D eigenvalue weighted by molar-refractivity contribution is 6.21. The molecule has 0 heterocycles. The molecule has 0 radical (unpaired) electrons. The van der Waals surface area contributed by atoms with Crippen molar-refractivity contribution in [3.63, 3.8) is 0 Å². The number of amides is 1. The molecule has 3 nitrogen and oxygen atoms in total. The van der Waals surface area contributed by atoms with Crippen molar-refractivity contribution in [2.45, 2.75) is 52.0 Å². The fourth-order valence-electron chi connectivity index (χ4n) is 1.47. The predicted octanol–water partition coefficient (Wildman–Crippen LogP) is 2.57. The molecule has 0 bridgehead atoms. The standard InChI is InChI=1S/C12H24ClNO2/c1-5-10(6-2)11(13)7-14-12(15)8-16-9(3)4/h9-11H,5-8H2,1-4H3,(H,14,15). The van der Waals surface area contributed by atoms with E-state index in [0.717, 1.165) is 12.8 Å². The SMILES string of the molecule is CCC(CC)C(Cl)CNC(=O)COC(C)C. The number of alkyl halides is 1. The first-order valence-corrected chi connectivity index (χ1v) is 6.47. The Morgan fingerprint density at radius 3 is 2.31 bits per heavy atom. The molecule has 1 atom stereocenters. The van der Waals surface area contributed by atoms with Gasteiger partial charge < -0.3 is 10.1 Å². The fraction of sp³-hybridized carbons (Fsp3) is 0.917. The summed E-state index contributed by atoms with van der Waals surface area (Å²) in [5.41, 5.74) is 0. The third-order valence-corrected chi connectivity index (χ3v) is 3.11. The molecule has 96 valence electrons. The van der Waals surface area contributed by atoms with Gasteiger partial charge in [-0.3, -0.25) is 4.79 Å². The van der Waals surface area contributed by atoms with Crippen LogP contribution in [0.1, 0.15) is 40.5 Å². The number of halogens is 1. The van der Waals surface area contributed by atoms with Gasteiger partial charge in [-0.2, -0.15) is 0 Å². The van der Waals surface area contributed by atoms with E-state index in [1.54, 1.807) is 0 Å². The zero-order chi connectivity index (χ0) is 12.6. The Labute approximate surface area is 104 Å². The zero-order valence-corrected chi connectivity index (χ0v) is 11.5. The molecule has 0 aromatic carbocycles. The highest BCUT2D eigenvalue weighted by atomic mass is 35.5. The molecule has 1 unspecified atom stereocenters. The maximum Gasteiger partial charge on any atom is 0.246 e. The summed E-state index contributed by atoms with van der Waals surface area (Å²) in [6.07, 6.45) is 2.17. The van der Waals surface area contributed by atoms with E-state index in [-0.39, 0.29) is 24.0 Å². The number of carbonyl (C=O) groups excluding carboxylic acids is 1. The molecule has 0 aromatic rings. The Morgan fingerprint density at radius 2 is 1.88 bits per heavy atom. The van der Waals surface area contributed by atoms with Crippen LogP contribution in [-0.2, 0) is 9.53 Å². The molecule has 0 aromatic heterocycles. The molecule has 0 fully saturated rings. The molecule has 0 rings (SSSR count). The van der Waals surface area contributed by atoms with Gasteiger partial charge in [-0.05, 0) is 19.8 Å². The van der Waals surface area contributed by atoms with Crippen LogP contribution in [0.15, 0.2) is 0 Å². The second-order valence-corrected chi connectivity index (χ2v) is 4.82. The third-order valence-electron chi connectivity index (χ3n) is 2.60. The number of nitrogens with one attached hydrogen (secondary N) is 1. The topological polar surface area (TPSA) is 38.3 Å². The molecule has 0 aliphatic heterocycles. The molecule has 0 spiro atoms. The van der Waals surface area contributed by atoms with E-state index >= 15 is 0 Å². The Hall–Kier alpha value is -0.280. The van der Waals surface area contributed by atoms with Crippen LogP contribution < -0.4 is 5.32 Å². The largest absolute Gasteiger partial charge is 0.369 e. The molecule has 0 saturated carbocycles. The van der Waals surface area contributed by atoms with Crippen molar-refractivity contribution in [3.8, 4) is 0 Å². The Morgan fingerprint density at radius 1 is 1.31 bits per heavy atom. The Bertz CT molecular complexity index is 193. The van der Waals surface area contributed by atoms with Crippen LogP contribution in [0.2, 0.25) is 0 Å². The van der Waals surface area contributed by atoms with E-state index in [0.29, 0.717) is 12.5 Å². The van der Waals surface area contributed by atoms with Gasteiger partial charge >= 0.3 is 0 Å². The number of carbonyl (C=O) groups is 1. The Balaban J connectivity index is 3.73. The molecular weight excluding hydrogens is 226 g/mol. The van der Waals surface area contributed by atoms with E-state index in [2.05, 4.69) is 19.2 Å². The van der Waals surface area contributed by atoms with Gasteiger partial charge in [-0.25, -0.2) is 0 Å². The van der Waals surface area contributed by atoms with Crippen molar-refractivity contribution in [2.75, 3.05) is 13.2 Å². The summed E-state index contributed by atoms with van der Waals surface area (Å²) in [6, 6.07) is 0. The summed E-state index contributed by atoms with van der Waals surface area (Å²) >= 11 is 6.20. The van der Waals surface area contributed by atoms with Gasteiger partial charge in [0.2, 0.25) is 5.91 Å². The number of hydrogen-bond acceptors (Lipinski definition) is 2. The lowest BCUT2D eigenvalue weighted by molar-refractivity contribution is -0.127. The maximum atomic E-state index is 11.4. The third kappa shape index (κ3) is 7.07. The van der Waals surface area contributed by atoms with Gasteiger partial charge in [0.15, 0.2) is 0 Å². The maximum absolute atomic E-state index is 11.4. The average Bonchev–Trinajstić information content (AvgIpc) is 2.25. The Kier molecular flexibility index (Phi) is 8.67. The number of rotatable bonds is 8. The van der Waals surface area contributed by atoms with E-state index in [4.69, 9.17) is 16.3 Å². The van der Waals surface area contributed by atoms with Crippen molar-refractivity contribution < 1.29 is 9.53 Å². The highest BCUT2D eigenvalue weighted by Gasteiger charge is 2.16. The van der Waals surface area contributed by atoms with Crippen LogP contribution in [0.4, 0.5) is 0 Å². The molecule has 0 aliphatic carbocycles. The minimum absolute atomic E-state index is 0.0120. The normalized spacial score (nSPS) is 13.2. The van der Waals surface area contributed by atoms with Gasteiger partial charge in [0.05, 0.1) is 11.5 Å². The second kappa shape index (κ2) is 8.82. The lowest BCUT2D eigenvalue weighted by Gasteiger charge is -2.19. The van der Waals surface area contributed by atoms with Gasteiger partial charge in [-0.1, -0.05) is 26.7 Å². The first-order chi connectivity index (χ1) is 7.51. The predicted molar refractivity (Wildman–Crippen MR) is 67.8 cm³/mol. The summed E-state index contributed by atoms with van der Waals surface area (Å²) < 4.78 is 5.19. The quantitative estimate of drug-likeness (QED) is 0.672. The fourth-order valence-corrected chi connectivity index (χ4v) is 1.91. The summed E-state index contributed by atoms with van der Waals surface area (Å²) in [4.78, 5) is 11.4. The van der Waals surface area contributed by atoms with Crippen molar-refractivity contribution in [1.29, 1.82) is 0 Å². The molecule has 1 N–H and O–H groups in total. The number of hydrogen-bond donors (Lipinski definition) is 1. The van der Waals surface area contributed by atoms with Crippen LogP contribution >= 0.6 is 11.6 Å². The van der Waals surface area contributed by atoms with Gasteiger partial charge in [0.25, 0.3) is 0 Å². The van der Waals surface area contributed by atoms with Crippen molar-refractivity contribution in [1.82, 2.24) is 5.32 Å². The minimum Gasteiger partial charge on any atom is -0.369 e. The van der Waals surface area contributed by atoms with Crippen molar-refractivity contribution in [3.05, 3.63) is 0 Å². The van der Waals surface area contributed by atoms with E-state index in [1.807, 2.05) is 13.8 Å². The monoisotopic (exact) mass is 249 g/mol. The van der Waals surface area contributed by atoms with Crippen LogP contribution in [-0.4, -0.2) is 30.5 Å². The van der Waals surface area contributed by atoms with Crippen LogP contribution in [0, 0.1) is 5.92 Å². The smallest absolute Gasteiger partial charge is 0.246 e. The van der Waals surface area contributed by atoms with E-state index < -0.39 is 0 Å². The van der Waals surface area contributed by atoms with Crippen LogP contribution in [0.3, 0.4) is 0 Å². The summed E-state index contributed by atoms with van der Waals surface area (Å²) in [6.45, 7) is 8.68. The molecule has 0 aliphatic rings. The van der Waals surface area contributed by atoms with E-state index in [9.17, 15) is 4.79 Å². The van der Waals surface area contributed by atoms with Crippen LogP contribution in [0.25, 0.3) is 0 Å². The average molecular weight is 250 g/mol. The zero-order valence-electron chi connectivity index (χ0n) is 10.8. The minimum atomic E-state index is -0.0923. The summed E-state index contributed by atoms with van der Waals surface area (Å²) in [5.74, 6) is 0.373. The molecular formula is C12H24ClNO2. The van der Waals surface area contributed by atoms with Gasteiger partial charge in [0, 0.05) is 6.54 Å². The van der Waals surface area contributed by atoms with Crippen molar-refractivity contribution >= 4 is 17.5 Å². The van der Waals surface area contributed by atoms with Crippen LogP contribution in [0.5, 0.6) is 0 Å². The van der Waals surface area contributed by atoms with Crippen molar-refractivity contribution in [2.24, 2.45) is 5.92 Å². The summed E-state index contributed by atoms with van der Waals surface area (Å²) in [5, 5.41) is 2.80. The van der Waals surface area contributed by atoms with Gasteiger partial charge in [-0.15, -0.1) is 11.6 Å². The summed E-state index contributed by atoms with van der Waals surface area (Å²) in [7, 11) is 0. The molecule has 4 heteroatoms. The first-order valence-electron chi connectivity index (χ1n) is 6.03. The molecule has 16 heavy (non-hydrogen) atoms. The molecule has 0 saturated heterocycles. The molecule has 1 amide bonds. The first kappa shape index (κ1) is 15.7. The highest BCUT2D eigenvalue weighted by Crippen LogP contribution is 2.17. The second-order valence-electron chi connectivity index (χ2n) is 4.26. The van der Waals surface area contributed by atoms with Gasteiger partial charge in [0.1, 0.15) is 6.61 Å². The lowest BCUT2D eigenvalue weighted by atomic mass is 9.99. The number of ether oxygens (including phenoxy) is 1.